The van der Waals surface area contributed by atoms with Crippen molar-refractivity contribution >= 4 is 22.4 Å². The minimum absolute atomic E-state index is 0.179. The van der Waals surface area contributed by atoms with Crippen molar-refractivity contribution < 1.29 is 14.0 Å². The summed E-state index contributed by atoms with van der Waals surface area (Å²) in [7, 11) is 0. The smallest absolute Gasteiger partial charge is 0.279 e. The topological polar surface area (TPSA) is 92.3 Å². The molecule has 0 fully saturated rings. The van der Waals surface area contributed by atoms with Gasteiger partial charge in [0, 0.05) is 16.0 Å². The normalized spacial score (nSPS) is 12.4. The first-order valence-electron chi connectivity index (χ1n) is 9.69. The fraction of sp³-hybridized carbons (Fsp3) is 0.0435. The number of ether oxygens (including phenoxy) is 2. The zero-order valence-corrected chi connectivity index (χ0v) is 17.1. The van der Waals surface area contributed by atoms with Crippen LogP contribution < -0.4 is 15.0 Å². The van der Waals surface area contributed by atoms with Gasteiger partial charge in [0.05, 0.1) is 11.1 Å². The number of fused-ring (bicyclic) bond motifs is 2. The maximum absolute atomic E-state index is 13.1. The highest BCUT2D eigenvalue weighted by molar-refractivity contribution is 6.30. The van der Waals surface area contributed by atoms with Crippen molar-refractivity contribution in [3.8, 4) is 40.2 Å². The zero-order chi connectivity index (χ0) is 21.7. The van der Waals surface area contributed by atoms with E-state index in [9.17, 15) is 4.79 Å². The average molecular weight is 445 g/mol. The van der Waals surface area contributed by atoms with E-state index in [1.54, 1.807) is 54.6 Å². The van der Waals surface area contributed by atoms with Crippen molar-refractivity contribution in [2.75, 3.05) is 6.79 Å². The van der Waals surface area contributed by atoms with Crippen LogP contribution in [0.15, 0.2) is 76.0 Å². The molecule has 0 amide bonds. The highest BCUT2D eigenvalue weighted by Gasteiger charge is 2.20. The molecule has 156 valence electrons. The Morgan fingerprint density at radius 2 is 1.69 bits per heavy atom. The summed E-state index contributed by atoms with van der Waals surface area (Å²) in [4.78, 5) is 17.6. The molecule has 0 atom stereocenters. The van der Waals surface area contributed by atoms with Gasteiger partial charge < -0.3 is 14.0 Å². The molecular weight excluding hydrogens is 432 g/mol. The number of benzene rings is 3. The Balaban J connectivity index is 1.51. The number of halogens is 1. The third kappa shape index (κ3) is 3.00. The van der Waals surface area contributed by atoms with Gasteiger partial charge in [-0.2, -0.15) is 14.8 Å². The van der Waals surface area contributed by atoms with Gasteiger partial charge in [-0.15, -0.1) is 0 Å². The first-order valence-corrected chi connectivity index (χ1v) is 10.1. The number of hydrogen-bond donors (Lipinski definition) is 0. The Morgan fingerprint density at radius 3 is 2.53 bits per heavy atom. The van der Waals surface area contributed by atoms with Crippen molar-refractivity contribution in [2.45, 2.75) is 0 Å². The molecule has 9 heteroatoms. The molecule has 0 unspecified atom stereocenters. The van der Waals surface area contributed by atoms with Crippen LogP contribution >= 0.6 is 11.6 Å². The second-order valence-corrected chi connectivity index (χ2v) is 7.52. The average Bonchev–Trinajstić information content (AvgIpc) is 3.50. The molecule has 1 aliphatic rings. The van der Waals surface area contributed by atoms with Gasteiger partial charge in [-0.05, 0) is 48.5 Å². The maximum atomic E-state index is 13.1. The van der Waals surface area contributed by atoms with Crippen LogP contribution in [0, 0.1) is 0 Å². The molecular formula is C23H13ClN4O4. The SMILES string of the molecule is O=c1c2ccccc2c(-c2nc(-c3ccc4c(c3)OCO4)no2)nn1-c1ccc(Cl)cc1. The van der Waals surface area contributed by atoms with Crippen LogP contribution in [-0.4, -0.2) is 26.7 Å². The van der Waals surface area contributed by atoms with Crippen LogP contribution in [0.3, 0.4) is 0 Å². The Hall–Kier alpha value is -4.17. The molecule has 0 bridgehead atoms. The number of hydrogen-bond acceptors (Lipinski definition) is 7. The van der Waals surface area contributed by atoms with Gasteiger partial charge in [0.15, 0.2) is 17.2 Å². The molecule has 3 heterocycles. The lowest BCUT2D eigenvalue weighted by molar-refractivity contribution is 0.174. The van der Waals surface area contributed by atoms with Gasteiger partial charge in [-0.1, -0.05) is 35.0 Å². The summed E-state index contributed by atoms with van der Waals surface area (Å²) >= 11 is 6.00. The lowest BCUT2D eigenvalue weighted by atomic mass is 10.1. The van der Waals surface area contributed by atoms with Crippen LogP contribution in [0.1, 0.15) is 0 Å². The fourth-order valence-corrected chi connectivity index (χ4v) is 3.70. The number of nitrogens with zero attached hydrogens (tertiary/aromatic N) is 4. The molecule has 8 nitrogen and oxygen atoms in total. The molecule has 1 aliphatic heterocycles. The van der Waals surface area contributed by atoms with E-state index >= 15 is 0 Å². The Bertz CT molecular complexity index is 1540. The van der Waals surface area contributed by atoms with Gasteiger partial charge in [0.1, 0.15) is 0 Å². The van der Waals surface area contributed by atoms with Gasteiger partial charge in [0.2, 0.25) is 12.6 Å². The van der Waals surface area contributed by atoms with Crippen molar-refractivity contribution in [3.63, 3.8) is 0 Å². The molecule has 0 saturated carbocycles. The largest absolute Gasteiger partial charge is 0.454 e. The van der Waals surface area contributed by atoms with Crippen molar-refractivity contribution in [1.29, 1.82) is 0 Å². The van der Waals surface area contributed by atoms with Gasteiger partial charge >= 0.3 is 0 Å². The number of rotatable bonds is 3. The molecule has 3 aromatic carbocycles. The molecule has 32 heavy (non-hydrogen) atoms. The lowest BCUT2D eigenvalue weighted by Crippen LogP contribution is -2.22. The summed E-state index contributed by atoms with van der Waals surface area (Å²) in [6.07, 6.45) is 0. The molecule has 0 saturated heterocycles. The first-order chi connectivity index (χ1) is 15.7. The summed E-state index contributed by atoms with van der Waals surface area (Å²) in [6.45, 7) is 0.179. The lowest BCUT2D eigenvalue weighted by Gasteiger charge is -2.09. The van der Waals surface area contributed by atoms with Crippen molar-refractivity contribution in [1.82, 2.24) is 19.9 Å². The van der Waals surface area contributed by atoms with E-state index in [0.29, 0.717) is 50.1 Å². The van der Waals surface area contributed by atoms with E-state index in [1.165, 1.54) is 4.68 Å². The fourth-order valence-electron chi connectivity index (χ4n) is 3.58. The number of aromatic nitrogens is 4. The molecule has 0 spiro atoms. The quantitative estimate of drug-likeness (QED) is 0.405. The molecule has 2 aromatic heterocycles. The van der Waals surface area contributed by atoms with Crippen molar-refractivity contribution in [3.05, 3.63) is 82.1 Å². The monoisotopic (exact) mass is 444 g/mol. The third-order valence-corrected chi connectivity index (χ3v) is 5.39. The van der Waals surface area contributed by atoms with Crippen LogP contribution in [-0.2, 0) is 0 Å². The van der Waals surface area contributed by atoms with Gasteiger partial charge in [-0.3, -0.25) is 4.79 Å². The minimum Gasteiger partial charge on any atom is -0.454 e. The summed E-state index contributed by atoms with van der Waals surface area (Å²) in [5.74, 6) is 1.85. The van der Waals surface area contributed by atoms with E-state index in [4.69, 9.17) is 25.6 Å². The summed E-state index contributed by atoms with van der Waals surface area (Å²) in [5.41, 5.74) is 1.42. The second kappa shape index (κ2) is 7.21. The van der Waals surface area contributed by atoms with E-state index in [1.807, 2.05) is 12.1 Å². The van der Waals surface area contributed by atoms with Crippen LogP contribution in [0.4, 0.5) is 0 Å². The second-order valence-electron chi connectivity index (χ2n) is 7.08. The van der Waals surface area contributed by atoms with E-state index in [-0.39, 0.29) is 18.2 Å². The van der Waals surface area contributed by atoms with Crippen LogP contribution in [0.2, 0.25) is 5.02 Å². The Morgan fingerprint density at radius 1 is 0.906 bits per heavy atom. The molecule has 5 aromatic rings. The Kier molecular flexibility index (Phi) is 4.19. The van der Waals surface area contributed by atoms with E-state index < -0.39 is 0 Å². The highest BCUT2D eigenvalue weighted by Crippen LogP contribution is 2.35. The van der Waals surface area contributed by atoms with E-state index in [0.717, 1.165) is 0 Å². The van der Waals surface area contributed by atoms with Gasteiger partial charge in [0.25, 0.3) is 11.4 Å². The third-order valence-electron chi connectivity index (χ3n) is 5.14. The molecule has 0 N–H and O–H groups in total. The van der Waals surface area contributed by atoms with Gasteiger partial charge in [-0.25, -0.2) is 0 Å². The summed E-state index contributed by atoms with van der Waals surface area (Å²) < 4.78 is 17.6. The minimum atomic E-state index is -0.262. The van der Waals surface area contributed by atoms with E-state index in [2.05, 4.69) is 15.2 Å². The van der Waals surface area contributed by atoms with Crippen molar-refractivity contribution in [2.24, 2.45) is 0 Å². The molecule has 0 radical (unpaired) electrons. The first kappa shape index (κ1) is 18.6. The molecule has 0 aliphatic carbocycles. The zero-order valence-electron chi connectivity index (χ0n) is 16.4. The summed E-state index contributed by atoms with van der Waals surface area (Å²) in [6, 6.07) is 19.4. The summed E-state index contributed by atoms with van der Waals surface area (Å²) in [5, 5.41) is 10.3. The van der Waals surface area contributed by atoms with Crippen LogP contribution in [0.5, 0.6) is 11.5 Å². The Labute approximate surface area is 185 Å². The standard InChI is InChI=1S/C23H13ClN4O4/c24-14-6-8-15(9-7-14)28-23(29)17-4-2-1-3-16(17)20(26-28)22-25-21(27-32-22)13-5-10-18-19(11-13)31-12-30-18/h1-11H,12H2. The van der Waals surface area contributed by atoms with Crippen LogP contribution in [0.25, 0.3) is 39.4 Å². The highest BCUT2D eigenvalue weighted by atomic mass is 35.5. The predicted octanol–water partition coefficient (Wildman–Crippen LogP) is 4.48. The predicted molar refractivity (Wildman–Crippen MR) is 117 cm³/mol. The maximum Gasteiger partial charge on any atom is 0.279 e. The molecule has 6 rings (SSSR count).